The Morgan fingerprint density at radius 1 is 1.39 bits per heavy atom. The molecule has 0 radical (unpaired) electrons. The number of allylic oxidation sites excluding steroid dienone is 1. The Labute approximate surface area is 168 Å². The topological polar surface area (TPSA) is 55.8 Å². The fraction of sp³-hybridized carbons (Fsp3) is 0.625. The zero-order valence-electron chi connectivity index (χ0n) is 17.9. The number of rotatable bonds is 5. The third-order valence-corrected chi connectivity index (χ3v) is 6.52. The summed E-state index contributed by atoms with van der Waals surface area (Å²) in [7, 11) is 0. The number of ether oxygens (including phenoxy) is 2. The molecule has 1 aromatic carbocycles. The van der Waals surface area contributed by atoms with Crippen molar-refractivity contribution in [1.29, 1.82) is 0 Å². The number of hydrogen-bond acceptors (Lipinski definition) is 4. The van der Waals surface area contributed by atoms with Crippen molar-refractivity contribution < 1.29 is 19.4 Å². The minimum atomic E-state index is -0.860. The van der Waals surface area contributed by atoms with Gasteiger partial charge in [0, 0.05) is 17.4 Å². The highest BCUT2D eigenvalue weighted by molar-refractivity contribution is 5.82. The fourth-order valence-electron chi connectivity index (χ4n) is 4.65. The Hall–Kier alpha value is -1.97. The number of esters is 1. The summed E-state index contributed by atoms with van der Waals surface area (Å²) in [5.74, 6) is 1.16. The van der Waals surface area contributed by atoms with Gasteiger partial charge in [0.15, 0.2) is 0 Å². The standard InChI is InChI=1S/C24H34O4/c1-7-8-11-27-22(26)23(3,4)16-13-19(25)21-17-12-15(2)9-10-18(17)24(5,6)28-20(21)14-16/h13-14,17-18,25H,2,7-12H2,1,3-6H3. The molecule has 0 aromatic heterocycles. The predicted octanol–water partition coefficient (Wildman–Crippen LogP) is 5.62. The first-order valence-electron chi connectivity index (χ1n) is 10.5. The van der Waals surface area contributed by atoms with E-state index in [1.165, 1.54) is 5.57 Å². The van der Waals surface area contributed by atoms with Gasteiger partial charge in [-0.1, -0.05) is 25.5 Å². The number of hydrogen-bond donors (Lipinski definition) is 1. The Kier molecular flexibility index (Phi) is 5.53. The number of carbonyl (C=O) groups is 1. The summed E-state index contributed by atoms with van der Waals surface area (Å²) in [6.45, 7) is 14.6. The van der Waals surface area contributed by atoms with Crippen molar-refractivity contribution in [2.75, 3.05) is 6.61 Å². The summed E-state index contributed by atoms with van der Waals surface area (Å²) in [6.07, 6.45) is 4.73. The van der Waals surface area contributed by atoms with Crippen molar-refractivity contribution in [3.63, 3.8) is 0 Å². The maximum absolute atomic E-state index is 12.7. The molecule has 2 unspecified atom stereocenters. The summed E-state index contributed by atoms with van der Waals surface area (Å²) in [5.41, 5.74) is 1.63. The van der Waals surface area contributed by atoms with Gasteiger partial charge in [-0.2, -0.15) is 0 Å². The molecule has 0 spiro atoms. The molecule has 1 N–H and O–H groups in total. The van der Waals surface area contributed by atoms with Crippen molar-refractivity contribution in [2.24, 2.45) is 5.92 Å². The smallest absolute Gasteiger partial charge is 0.315 e. The third kappa shape index (κ3) is 3.66. The Bertz CT molecular complexity index is 775. The van der Waals surface area contributed by atoms with E-state index < -0.39 is 5.41 Å². The molecule has 1 aliphatic carbocycles. The molecule has 1 fully saturated rings. The number of carbonyl (C=O) groups excluding carboxylic acids is 1. The highest BCUT2D eigenvalue weighted by atomic mass is 16.5. The molecule has 1 aliphatic heterocycles. The highest BCUT2D eigenvalue weighted by Crippen LogP contribution is 2.55. The number of phenolic OH excluding ortho intramolecular Hbond substituents is 1. The van der Waals surface area contributed by atoms with Crippen LogP contribution >= 0.6 is 0 Å². The lowest BCUT2D eigenvalue weighted by molar-refractivity contribution is -0.149. The molecular weight excluding hydrogens is 352 g/mol. The van der Waals surface area contributed by atoms with Crippen molar-refractivity contribution in [3.05, 3.63) is 35.4 Å². The minimum absolute atomic E-state index is 0.202. The van der Waals surface area contributed by atoms with E-state index in [4.69, 9.17) is 9.47 Å². The van der Waals surface area contributed by atoms with Crippen LogP contribution in [0.15, 0.2) is 24.3 Å². The van der Waals surface area contributed by atoms with Crippen molar-refractivity contribution >= 4 is 5.97 Å². The van der Waals surface area contributed by atoms with E-state index >= 15 is 0 Å². The molecule has 0 bridgehead atoms. The van der Waals surface area contributed by atoms with E-state index in [0.717, 1.165) is 37.7 Å². The molecule has 0 saturated heterocycles. The van der Waals surface area contributed by atoms with E-state index in [2.05, 4.69) is 27.4 Å². The van der Waals surface area contributed by atoms with Crippen LogP contribution in [0.2, 0.25) is 0 Å². The quantitative estimate of drug-likeness (QED) is 0.405. The SMILES string of the molecule is C=C1CCC2C(C1)c1c(O)cc(C(C)(C)C(=O)OCCCC)cc1OC2(C)C. The molecule has 4 heteroatoms. The Balaban J connectivity index is 1.98. The summed E-state index contributed by atoms with van der Waals surface area (Å²) >= 11 is 0. The predicted molar refractivity (Wildman–Crippen MR) is 111 cm³/mol. The normalized spacial score (nSPS) is 23.4. The van der Waals surface area contributed by atoms with Crippen molar-refractivity contribution in [2.45, 2.75) is 83.7 Å². The molecule has 2 atom stereocenters. The second-order valence-corrected chi connectivity index (χ2v) is 9.43. The molecule has 1 heterocycles. The lowest BCUT2D eigenvalue weighted by Crippen LogP contribution is -2.46. The zero-order valence-corrected chi connectivity index (χ0v) is 17.9. The van der Waals surface area contributed by atoms with Gasteiger partial charge in [-0.05, 0) is 71.1 Å². The van der Waals surface area contributed by atoms with Gasteiger partial charge in [0.2, 0.25) is 0 Å². The number of benzene rings is 1. The lowest BCUT2D eigenvalue weighted by atomic mass is 9.65. The molecule has 28 heavy (non-hydrogen) atoms. The van der Waals surface area contributed by atoms with Crippen LogP contribution in [0.25, 0.3) is 0 Å². The molecule has 1 saturated carbocycles. The average Bonchev–Trinajstić information content (AvgIpc) is 2.60. The number of aromatic hydroxyl groups is 1. The van der Waals surface area contributed by atoms with Gasteiger partial charge in [-0.25, -0.2) is 0 Å². The van der Waals surface area contributed by atoms with Crippen LogP contribution in [0.1, 0.15) is 83.8 Å². The van der Waals surface area contributed by atoms with Crippen molar-refractivity contribution in [3.8, 4) is 11.5 Å². The molecule has 0 amide bonds. The lowest BCUT2D eigenvalue weighted by Gasteiger charge is -2.48. The number of unbranched alkanes of at least 4 members (excludes halogenated alkanes) is 1. The first-order valence-corrected chi connectivity index (χ1v) is 10.5. The van der Waals surface area contributed by atoms with Crippen LogP contribution in [0.4, 0.5) is 0 Å². The first kappa shape index (κ1) is 20.8. The van der Waals surface area contributed by atoms with Crippen LogP contribution in [0, 0.1) is 5.92 Å². The van der Waals surface area contributed by atoms with Gasteiger partial charge in [0.1, 0.15) is 17.1 Å². The minimum Gasteiger partial charge on any atom is -0.508 e. The third-order valence-electron chi connectivity index (χ3n) is 6.52. The summed E-state index contributed by atoms with van der Waals surface area (Å²) < 4.78 is 11.8. The summed E-state index contributed by atoms with van der Waals surface area (Å²) in [6, 6.07) is 3.64. The zero-order chi connectivity index (χ0) is 20.7. The van der Waals surface area contributed by atoms with Gasteiger partial charge in [-0.15, -0.1) is 0 Å². The van der Waals surface area contributed by atoms with E-state index in [1.807, 2.05) is 19.9 Å². The first-order chi connectivity index (χ1) is 13.1. The van der Waals surface area contributed by atoms with E-state index in [0.29, 0.717) is 23.8 Å². The van der Waals surface area contributed by atoms with Gasteiger partial charge >= 0.3 is 5.97 Å². The van der Waals surface area contributed by atoms with Crippen LogP contribution in [0.3, 0.4) is 0 Å². The van der Waals surface area contributed by atoms with Gasteiger partial charge in [0.05, 0.1) is 12.0 Å². The summed E-state index contributed by atoms with van der Waals surface area (Å²) in [4.78, 5) is 12.7. The molecule has 4 nitrogen and oxygen atoms in total. The van der Waals surface area contributed by atoms with Gasteiger partial charge in [0.25, 0.3) is 0 Å². The molecule has 154 valence electrons. The fourth-order valence-corrected chi connectivity index (χ4v) is 4.65. The van der Waals surface area contributed by atoms with Crippen LogP contribution < -0.4 is 4.74 Å². The maximum atomic E-state index is 12.7. The number of fused-ring (bicyclic) bond motifs is 3. The maximum Gasteiger partial charge on any atom is 0.315 e. The monoisotopic (exact) mass is 386 g/mol. The van der Waals surface area contributed by atoms with E-state index in [9.17, 15) is 9.90 Å². The number of phenols is 1. The molecule has 3 rings (SSSR count). The van der Waals surface area contributed by atoms with Gasteiger partial charge in [-0.3, -0.25) is 4.79 Å². The second-order valence-electron chi connectivity index (χ2n) is 9.43. The largest absolute Gasteiger partial charge is 0.508 e. The molecular formula is C24H34O4. The van der Waals surface area contributed by atoms with Crippen LogP contribution in [-0.2, 0) is 14.9 Å². The van der Waals surface area contributed by atoms with E-state index in [-0.39, 0.29) is 23.2 Å². The second kappa shape index (κ2) is 7.46. The molecule has 1 aromatic rings. The Morgan fingerprint density at radius 2 is 2.11 bits per heavy atom. The van der Waals surface area contributed by atoms with Crippen molar-refractivity contribution in [1.82, 2.24) is 0 Å². The Morgan fingerprint density at radius 3 is 2.79 bits per heavy atom. The highest BCUT2D eigenvalue weighted by Gasteiger charge is 2.47. The van der Waals surface area contributed by atoms with Crippen LogP contribution in [0.5, 0.6) is 11.5 Å². The molecule has 2 aliphatic rings. The van der Waals surface area contributed by atoms with Gasteiger partial charge < -0.3 is 14.6 Å². The average molecular weight is 387 g/mol. The van der Waals surface area contributed by atoms with E-state index in [1.54, 1.807) is 6.07 Å². The summed E-state index contributed by atoms with van der Waals surface area (Å²) in [5, 5.41) is 10.9. The van der Waals surface area contributed by atoms with Crippen LogP contribution in [-0.4, -0.2) is 23.3 Å².